The van der Waals surface area contributed by atoms with Gasteiger partial charge in [0.25, 0.3) is 0 Å². The van der Waals surface area contributed by atoms with Gasteiger partial charge in [0.2, 0.25) is 5.91 Å². The Hall–Kier alpha value is -3.32. The van der Waals surface area contributed by atoms with Crippen LogP contribution in [0.2, 0.25) is 0 Å². The Morgan fingerprint density at radius 1 is 1.25 bits per heavy atom. The summed E-state index contributed by atoms with van der Waals surface area (Å²) in [6.45, 7) is 3.91. The predicted octanol–water partition coefficient (Wildman–Crippen LogP) is 3.91. The normalized spacial score (nSPS) is 15.2. The Balaban J connectivity index is 1.49. The highest BCUT2D eigenvalue weighted by atomic mass is 16.5. The zero-order chi connectivity index (χ0) is 22.5. The first kappa shape index (κ1) is 21.9. The SMILES string of the molecule is Cc1ccc2c(c1)CC(C(=O)Nc1ccc(-c3cn[nH]c3)cc1OCCCN(C)C)CO2. The molecule has 2 aromatic carbocycles. The van der Waals surface area contributed by atoms with Gasteiger partial charge in [-0.3, -0.25) is 9.89 Å². The third-order valence-electron chi connectivity index (χ3n) is 5.57. The number of carbonyl (C=O) groups excluding carboxylic acids is 1. The second kappa shape index (κ2) is 9.87. The van der Waals surface area contributed by atoms with Crippen molar-refractivity contribution in [3.8, 4) is 22.6 Å². The maximum atomic E-state index is 13.1. The average Bonchev–Trinajstić information content (AvgIpc) is 3.32. The van der Waals surface area contributed by atoms with Crippen molar-refractivity contribution in [1.29, 1.82) is 0 Å². The summed E-state index contributed by atoms with van der Waals surface area (Å²) >= 11 is 0. The van der Waals surface area contributed by atoms with E-state index in [1.165, 1.54) is 0 Å². The number of H-pyrrole nitrogens is 1. The molecule has 0 bridgehead atoms. The molecule has 1 atom stereocenters. The highest BCUT2D eigenvalue weighted by molar-refractivity contribution is 5.95. The number of anilines is 1. The van der Waals surface area contributed by atoms with Crippen molar-refractivity contribution in [1.82, 2.24) is 15.1 Å². The van der Waals surface area contributed by atoms with Gasteiger partial charge in [0, 0.05) is 18.3 Å². The van der Waals surface area contributed by atoms with Crippen LogP contribution >= 0.6 is 0 Å². The quantitative estimate of drug-likeness (QED) is 0.526. The van der Waals surface area contributed by atoms with E-state index in [1.807, 2.05) is 57.5 Å². The largest absolute Gasteiger partial charge is 0.492 e. The molecule has 0 saturated heterocycles. The molecule has 1 aliphatic heterocycles. The fraction of sp³-hybridized carbons (Fsp3) is 0.360. The number of benzene rings is 2. The van der Waals surface area contributed by atoms with Gasteiger partial charge in [0.05, 0.1) is 24.4 Å². The van der Waals surface area contributed by atoms with Crippen LogP contribution in [0.4, 0.5) is 5.69 Å². The van der Waals surface area contributed by atoms with Gasteiger partial charge in [0.1, 0.15) is 18.1 Å². The van der Waals surface area contributed by atoms with Crippen LogP contribution in [0, 0.1) is 12.8 Å². The molecule has 2 N–H and O–H groups in total. The van der Waals surface area contributed by atoms with E-state index in [0.717, 1.165) is 41.0 Å². The second-order valence-electron chi connectivity index (χ2n) is 8.52. The Bertz CT molecular complexity index is 1060. The number of hydrogen-bond acceptors (Lipinski definition) is 5. The number of aromatic amines is 1. The molecule has 0 aliphatic carbocycles. The van der Waals surface area contributed by atoms with Gasteiger partial charge in [-0.2, -0.15) is 5.10 Å². The number of rotatable bonds is 8. The first-order valence-corrected chi connectivity index (χ1v) is 10.9. The lowest BCUT2D eigenvalue weighted by Gasteiger charge is -2.25. The molecule has 4 rings (SSSR count). The Labute approximate surface area is 188 Å². The highest BCUT2D eigenvalue weighted by Gasteiger charge is 2.27. The molecule has 1 amide bonds. The highest BCUT2D eigenvalue weighted by Crippen LogP contribution is 2.33. The van der Waals surface area contributed by atoms with E-state index in [4.69, 9.17) is 9.47 Å². The van der Waals surface area contributed by atoms with Crippen LogP contribution in [0.1, 0.15) is 17.5 Å². The molecule has 0 spiro atoms. The molecule has 1 aliphatic rings. The van der Waals surface area contributed by atoms with E-state index >= 15 is 0 Å². The number of aromatic nitrogens is 2. The van der Waals surface area contributed by atoms with Crippen molar-refractivity contribution in [2.75, 3.05) is 39.2 Å². The lowest BCUT2D eigenvalue weighted by Crippen LogP contribution is -2.32. The van der Waals surface area contributed by atoms with E-state index < -0.39 is 0 Å². The minimum atomic E-state index is -0.251. The molecule has 0 fully saturated rings. The fourth-order valence-corrected chi connectivity index (χ4v) is 3.82. The minimum absolute atomic E-state index is 0.0636. The third kappa shape index (κ3) is 5.29. The number of nitrogens with one attached hydrogen (secondary N) is 2. The lowest BCUT2D eigenvalue weighted by molar-refractivity contribution is -0.121. The van der Waals surface area contributed by atoms with Crippen LogP contribution in [-0.4, -0.2) is 54.9 Å². The average molecular weight is 435 g/mol. The molecule has 1 aromatic heterocycles. The summed E-state index contributed by atoms with van der Waals surface area (Å²) in [5.41, 5.74) is 4.85. The first-order chi connectivity index (χ1) is 15.5. The van der Waals surface area contributed by atoms with Crippen molar-refractivity contribution in [3.05, 3.63) is 59.9 Å². The van der Waals surface area contributed by atoms with Crippen LogP contribution in [-0.2, 0) is 11.2 Å². The summed E-state index contributed by atoms with van der Waals surface area (Å²) < 4.78 is 11.9. The first-order valence-electron chi connectivity index (χ1n) is 10.9. The number of carbonyl (C=O) groups is 1. The molecule has 3 aromatic rings. The maximum Gasteiger partial charge on any atom is 0.231 e. The van der Waals surface area contributed by atoms with E-state index in [2.05, 4.69) is 26.5 Å². The molecule has 0 radical (unpaired) electrons. The Morgan fingerprint density at radius 2 is 2.12 bits per heavy atom. The fourth-order valence-electron chi connectivity index (χ4n) is 3.82. The van der Waals surface area contributed by atoms with Crippen molar-refractivity contribution in [3.63, 3.8) is 0 Å². The molecule has 7 heteroatoms. The van der Waals surface area contributed by atoms with Gasteiger partial charge >= 0.3 is 0 Å². The smallest absolute Gasteiger partial charge is 0.231 e. The monoisotopic (exact) mass is 434 g/mol. The van der Waals surface area contributed by atoms with Crippen LogP contribution in [0.25, 0.3) is 11.1 Å². The number of ether oxygens (including phenoxy) is 2. The number of nitrogens with zero attached hydrogens (tertiary/aromatic N) is 2. The van der Waals surface area contributed by atoms with Crippen LogP contribution in [0.3, 0.4) is 0 Å². The molecule has 2 heterocycles. The predicted molar refractivity (Wildman–Crippen MR) is 125 cm³/mol. The summed E-state index contributed by atoms with van der Waals surface area (Å²) in [5, 5.41) is 9.93. The van der Waals surface area contributed by atoms with Gasteiger partial charge in [0.15, 0.2) is 0 Å². The summed E-state index contributed by atoms with van der Waals surface area (Å²) in [5.74, 6) is 1.21. The van der Waals surface area contributed by atoms with Crippen LogP contribution in [0.15, 0.2) is 48.8 Å². The second-order valence-corrected chi connectivity index (χ2v) is 8.52. The van der Waals surface area contributed by atoms with Crippen molar-refractivity contribution >= 4 is 11.6 Å². The Morgan fingerprint density at radius 3 is 2.91 bits per heavy atom. The van der Waals surface area contributed by atoms with E-state index in [0.29, 0.717) is 31.1 Å². The number of amides is 1. The lowest BCUT2D eigenvalue weighted by atomic mass is 9.94. The summed E-state index contributed by atoms with van der Waals surface area (Å²) in [4.78, 5) is 15.2. The van der Waals surface area contributed by atoms with Crippen molar-refractivity contribution < 1.29 is 14.3 Å². The van der Waals surface area contributed by atoms with E-state index in [1.54, 1.807) is 6.20 Å². The van der Waals surface area contributed by atoms with E-state index in [9.17, 15) is 4.79 Å². The van der Waals surface area contributed by atoms with E-state index in [-0.39, 0.29) is 11.8 Å². The summed E-state index contributed by atoms with van der Waals surface area (Å²) in [6.07, 6.45) is 5.16. The van der Waals surface area contributed by atoms with Gasteiger partial charge in [-0.25, -0.2) is 0 Å². The molecule has 0 saturated carbocycles. The number of fused-ring (bicyclic) bond motifs is 1. The molecule has 1 unspecified atom stereocenters. The van der Waals surface area contributed by atoms with Crippen LogP contribution < -0.4 is 14.8 Å². The summed E-state index contributed by atoms with van der Waals surface area (Å²) in [7, 11) is 4.08. The standard InChI is InChI=1S/C25H30N4O3/c1-17-5-8-23-19(11-17)12-20(16-32-23)25(30)28-22-7-6-18(21-14-26-27-15-21)13-24(22)31-10-4-9-29(2)3/h5-8,11,13-15,20H,4,9-10,12,16H2,1-3H3,(H,26,27)(H,28,30). The zero-order valence-electron chi connectivity index (χ0n) is 18.9. The third-order valence-corrected chi connectivity index (χ3v) is 5.57. The minimum Gasteiger partial charge on any atom is -0.492 e. The number of aryl methyl sites for hydroxylation is 1. The molecule has 32 heavy (non-hydrogen) atoms. The van der Waals surface area contributed by atoms with Crippen LogP contribution in [0.5, 0.6) is 11.5 Å². The van der Waals surface area contributed by atoms with Crippen molar-refractivity contribution in [2.24, 2.45) is 5.92 Å². The Kier molecular flexibility index (Phi) is 6.75. The van der Waals surface area contributed by atoms with Gasteiger partial charge in [-0.1, -0.05) is 23.8 Å². The van der Waals surface area contributed by atoms with Crippen molar-refractivity contribution in [2.45, 2.75) is 19.8 Å². The van der Waals surface area contributed by atoms with Gasteiger partial charge in [-0.05, 0) is 63.2 Å². The van der Waals surface area contributed by atoms with Gasteiger partial charge in [-0.15, -0.1) is 0 Å². The molecular weight excluding hydrogens is 404 g/mol. The zero-order valence-corrected chi connectivity index (χ0v) is 18.9. The topological polar surface area (TPSA) is 79.5 Å². The molecule has 7 nitrogen and oxygen atoms in total. The summed E-state index contributed by atoms with van der Waals surface area (Å²) in [6, 6.07) is 11.9. The number of hydrogen-bond donors (Lipinski definition) is 2. The maximum absolute atomic E-state index is 13.1. The molecular formula is C25H30N4O3. The van der Waals surface area contributed by atoms with Gasteiger partial charge < -0.3 is 19.7 Å². The molecule has 168 valence electrons.